The Labute approximate surface area is 117 Å². The van der Waals surface area contributed by atoms with Crippen LogP contribution in [-0.4, -0.2) is 25.1 Å². The molecule has 1 fully saturated rings. The van der Waals surface area contributed by atoms with Crippen molar-refractivity contribution in [3.05, 3.63) is 22.4 Å². The highest BCUT2D eigenvalue weighted by Gasteiger charge is 2.65. The average Bonchev–Trinajstić information content (AvgIpc) is 3.01. The van der Waals surface area contributed by atoms with Crippen LogP contribution in [0.4, 0.5) is 13.2 Å². The molecule has 1 heterocycles. The molecule has 10 heteroatoms. The summed E-state index contributed by atoms with van der Waals surface area (Å²) in [5.41, 5.74) is -2.38. The van der Waals surface area contributed by atoms with E-state index in [0.29, 0.717) is 0 Å². The van der Waals surface area contributed by atoms with Crippen molar-refractivity contribution in [1.29, 1.82) is 0 Å². The van der Waals surface area contributed by atoms with Gasteiger partial charge in [-0.3, -0.25) is 0 Å². The second-order valence-electron chi connectivity index (χ2n) is 4.13. The number of sulfonamides is 1. The zero-order valence-electron chi connectivity index (χ0n) is 9.13. The summed E-state index contributed by atoms with van der Waals surface area (Å²) < 4.78 is 63.4. The Morgan fingerprint density at radius 2 is 1.89 bits per heavy atom. The average molecular weight is 335 g/mol. The number of hydrogen-bond acceptors (Lipinski definition) is 3. The van der Waals surface area contributed by atoms with Gasteiger partial charge in [0.05, 0.1) is 5.02 Å². The Morgan fingerprint density at radius 3 is 2.32 bits per heavy atom. The van der Waals surface area contributed by atoms with Crippen LogP contribution >= 0.6 is 23.2 Å². The molecule has 1 saturated carbocycles. The topological polar surface area (TPSA) is 59.1 Å². The van der Waals surface area contributed by atoms with Gasteiger partial charge in [0.2, 0.25) is 10.0 Å². The highest BCUT2D eigenvalue weighted by atomic mass is 35.5. The lowest BCUT2D eigenvalue weighted by molar-refractivity contribution is -0.160. The molecule has 0 saturated heterocycles. The van der Waals surface area contributed by atoms with E-state index < -0.39 is 26.6 Å². The minimum Gasteiger partial charge on any atom is -0.242 e. The van der Waals surface area contributed by atoms with E-state index in [1.807, 2.05) is 0 Å². The van der Waals surface area contributed by atoms with Crippen molar-refractivity contribution in [2.24, 2.45) is 0 Å². The Bertz CT molecular complexity index is 614. The van der Waals surface area contributed by atoms with Crippen LogP contribution in [0.1, 0.15) is 12.8 Å². The first-order valence-corrected chi connectivity index (χ1v) is 7.23. The summed E-state index contributed by atoms with van der Waals surface area (Å²) in [4.78, 5) is 3.03. The molecule has 2 rings (SSSR count). The molecular weight excluding hydrogens is 328 g/mol. The van der Waals surface area contributed by atoms with E-state index in [1.54, 1.807) is 4.72 Å². The van der Waals surface area contributed by atoms with Crippen molar-refractivity contribution in [2.75, 3.05) is 0 Å². The fourth-order valence-corrected chi connectivity index (χ4v) is 3.19. The van der Waals surface area contributed by atoms with Crippen molar-refractivity contribution >= 4 is 33.2 Å². The van der Waals surface area contributed by atoms with Crippen molar-refractivity contribution < 1.29 is 21.6 Å². The predicted molar refractivity (Wildman–Crippen MR) is 62.6 cm³/mol. The van der Waals surface area contributed by atoms with Crippen LogP contribution in [0.25, 0.3) is 0 Å². The first-order chi connectivity index (χ1) is 8.57. The van der Waals surface area contributed by atoms with Crippen molar-refractivity contribution in [3.8, 4) is 0 Å². The summed E-state index contributed by atoms with van der Waals surface area (Å²) in [6.07, 6.45) is -4.36. The quantitative estimate of drug-likeness (QED) is 0.864. The Morgan fingerprint density at radius 1 is 1.32 bits per heavy atom. The van der Waals surface area contributed by atoms with Crippen LogP contribution < -0.4 is 4.72 Å². The maximum atomic E-state index is 12.7. The summed E-state index contributed by atoms with van der Waals surface area (Å²) >= 11 is 11.1. The predicted octanol–water partition coefficient (Wildman–Crippen LogP) is 2.76. The first-order valence-electron chi connectivity index (χ1n) is 4.99. The zero-order chi connectivity index (χ0) is 14.5. The summed E-state index contributed by atoms with van der Waals surface area (Å²) in [6.45, 7) is 0. The molecule has 1 aliphatic rings. The van der Waals surface area contributed by atoms with Gasteiger partial charge in [-0.05, 0) is 18.9 Å². The zero-order valence-corrected chi connectivity index (χ0v) is 11.5. The van der Waals surface area contributed by atoms with E-state index >= 15 is 0 Å². The lowest BCUT2D eigenvalue weighted by Crippen LogP contribution is -2.47. The standard InChI is InChI=1S/C9H7Cl2F3N2O2S/c10-6-3-5(4-15-7(6)11)19(17,18)16-8(1-2-8)9(12,13)14/h3-4,16H,1-2H2. The van der Waals surface area contributed by atoms with Crippen LogP contribution in [0.3, 0.4) is 0 Å². The third-order valence-electron chi connectivity index (χ3n) is 2.70. The number of hydrogen-bond donors (Lipinski definition) is 1. The maximum absolute atomic E-state index is 12.7. The fourth-order valence-electron chi connectivity index (χ4n) is 1.44. The van der Waals surface area contributed by atoms with Gasteiger partial charge in [0.1, 0.15) is 15.6 Å². The molecule has 0 bridgehead atoms. The molecule has 106 valence electrons. The van der Waals surface area contributed by atoms with Gasteiger partial charge in [-0.15, -0.1) is 0 Å². The number of aromatic nitrogens is 1. The van der Waals surface area contributed by atoms with Gasteiger partial charge in [-0.1, -0.05) is 23.2 Å². The van der Waals surface area contributed by atoms with Gasteiger partial charge in [-0.2, -0.15) is 17.9 Å². The Hall–Kier alpha value is -0.570. The monoisotopic (exact) mass is 334 g/mol. The highest BCUT2D eigenvalue weighted by molar-refractivity contribution is 7.89. The molecule has 19 heavy (non-hydrogen) atoms. The van der Waals surface area contributed by atoms with Gasteiger partial charge in [0.15, 0.2) is 0 Å². The molecule has 1 aromatic rings. The minimum atomic E-state index is -4.64. The first kappa shape index (κ1) is 14.8. The van der Waals surface area contributed by atoms with E-state index in [2.05, 4.69) is 4.98 Å². The summed E-state index contributed by atoms with van der Waals surface area (Å²) in [6, 6.07) is 0.950. The van der Waals surface area contributed by atoms with Crippen LogP contribution in [0.5, 0.6) is 0 Å². The number of nitrogens with zero attached hydrogens (tertiary/aromatic N) is 1. The van der Waals surface area contributed by atoms with Crippen LogP contribution in [0.2, 0.25) is 10.2 Å². The molecule has 1 aliphatic carbocycles. The minimum absolute atomic E-state index is 0.127. The summed E-state index contributed by atoms with van der Waals surface area (Å²) in [5.74, 6) is 0. The van der Waals surface area contributed by atoms with E-state index in [9.17, 15) is 21.6 Å². The van der Waals surface area contributed by atoms with E-state index in [0.717, 1.165) is 12.3 Å². The number of nitrogens with one attached hydrogen (secondary N) is 1. The molecular formula is C9H7Cl2F3N2O2S. The van der Waals surface area contributed by atoms with Crippen molar-refractivity contribution in [1.82, 2.24) is 9.71 Å². The SMILES string of the molecule is O=S(=O)(NC1(C(F)(F)F)CC1)c1cnc(Cl)c(Cl)c1. The Balaban J connectivity index is 2.31. The third kappa shape index (κ3) is 2.81. The molecule has 0 spiro atoms. The largest absolute Gasteiger partial charge is 0.407 e. The van der Waals surface area contributed by atoms with Gasteiger partial charge >= 0.3 is 6.18 Å². The summed E-state index contributed by atoms with van der Waals surface area (Å²) in [7, 11) is -4.35. The number of pyridine rings is 1. The molecule has 0 amide bonds. The lowest BCUT2D eigenvalue weighted by Gasteiger charge is -2.20. The molecule has 0 radical (unpaired) electrons. The van der Waals surface area contributed by atoms with Gasteiger partial charge < -0.3 is 0 Å². The molecule has 0 unspecified atom stereocenters. The number of halogens is 5. The molecule has 0 atom stereocenters. The highest BCUT2D eigenvalue weighted by Crippen LogP contribution is 2.49. The van der Waals surface area contributed by atoms with Crippen molar-refractivity contribution in [2.45, 2.75) is 29.5 Å². The van der Waals surface area contributed by atoms with Crippen LogP contribution in [0, 0.1) is 0 Å². The lowest BCUT2D eigenvalue weighted by atomic mass is 10.3. The molecule has 1 aromatic heterocycles. The smallest absolute Gasteiger partial charge is 0.242 e. The second kappa shape index (κ2) is 4.47. The molecule has 0 aromatic carbocycles. The molecule has 0 aliphatic heterocycles. The van der Waals surface area contributed by atoms with E-state index in [1.165, 1.54) is 0 Å². The van der Waals surface area contributed by atoms with E-state index in [-0.39, 0.29) is 23.0 Å². The van der Waals surface area contributed by atoms with Crippen LogP contribution in [0.15, 0.2) is 17.2 Å². The fraction of sp³-hybridized carbons (Fsp3) is 0.444. The van der Waals surface area contributed by atoms with Crippen LogP contribution in [-0.2, 0) is 10.0 Å². The van der Waals surface area contributed by atoms with Gasteiger partial charge in [0, 0.05) is 6.20 Å². The number of alkyl halides is 3. The van der Waals surface area contributed by atoms with E-state index in [4.69, 9.17) is 23.2 Å². The summed E-state index contributed by atoms with van der Waals surface area (Å²) in [5, 5.41) is -0.279. The van der Waals surface area contributed by atoms with Gasteiger partial charge in [0.25, 0.3) is 0 Å². The number of rotatable bonds is 3. The molecule has 4 nitrogen and oxygen atoms in total. The normalized spacial score (nSPS) is 18.4. The maximum Gasteiger partial charge on any atom is 0.407 e. The molecule has 1 N–H and O–H groups in total. The van der Waals surface area contributed by atoms with Crippen molar-refractivity contribution in [3.63, 3.8) is 0 Å². The Kier molecular flexibility index (Phi) is 3.49. The third-order valence-corrected chi connectivity index (χ3v) is 4.89. The second-order valence-corrected chi connectivity index (χ2v) is 6.58. The van der Waals surface area contributed by atoms with Gasteiger partial charge in [-0.25, -0.2) is 13.4 Å².